The fraction of sp³-hybridized carbons (Fsp3) is 0.294. The van der Waals surface area contributed by atoms with Crippen LogP contribution in [-0.4, -0.2) is 31.9 Å². The largest absolute Gasteiger partial charge is 0.296 e. The molecule has 0 spiro atoms. The van der Waals surface area contributed by atoms with Crippen LogP contribution in [0, 0.1) is 6.92 Å². The van der Waals surface area contributed by atoms with Crippen LogP contribution in [-0.2, 0) is 0 Å². The van der Waals surface area contributed by atoms with E-state index in [2.05, 4.69) is 20.4 Å². The summed E-state index contributed by atoms with van der Waals surface area (Å²) in [5.74, 6) is -0.191. The van der Waals surface area contributed by atoms with Crippen LogP contribution in [0.1, 0.15) is 36.1 Å². The van der Waals surface area contributed by atoms with Gasteiger partial charge < -0.3 is 0 Å². The van der Waals surface area contributed by atoms with E-state index in [-0.39, 0.29) is 11.9 Å². The first-order chi connectivity index (χ1) is 12.5. The molecule has 0 radical (unpaired) electrons. The van der Waals surface area contributed by atoms with Crippen LogP contribution in [0.3, 0.4) is 0 Å². The Morgan fingerprint density at radius 1 is 1.19 bits per heavy atom. The van der Waals surface area contributed by atoms with Gasteiger partial charge in [-0.3, -0.25) is 14.8 Å². The number of nitrogens with one attached hydrogen (secondary N) is 1. The molecule has 6 nitrogen and oxygen atoms in total. The maximum atomic E-state index is 12.7. The SMILES string of the molecule is CSc1nc2ccc3nc(NC(=O)c4cc(C)nn4C(C)C)sc3c2s1. The number of hydrogen-bond acceptors (Lipinski definition) is 7. The van der Waals surface area contributed by atoms with Gasteiger partial charge in [0.15, 0.2) is 9.47 Å². The highest BCUT2D eigenvalue weighted by atomic mass is 32.2. The topological polar surface area (TPSA) is 72.7 Å². The van der Waals surface area contributed by atoms with Gasteiger partial charge in [-0.1, -0.05) is 23.1 Å². The van der Waals surface area contributed by atoms with Crippen LogP contribution in [0.5, 0.6) is 0 Å². The van der Waals surface area contributed by atoms with E-state index in [1.54, 1.807) is 33.8 Å². The standard InChI is InChI=1S/C17H17N5OS3/c1-8(2)22-12(7-9(3)21-22)15(23)20-16-18-10-5-6-11-14(13(10)25-16)26-17(19-11)24-4/h5-8H,1-4H3,(H,18,20,23). The van der Waals surface area contributed by atoms with Crippen molar-refractivity contribution in [3.8, 4) is 0 Å². The molecule has 3 aromatic heterocycles. The van der Waals surface area contributed by atoms with Crippen LogP contribution in [0.25, 0.3) is 20.4 Å². The molecule has 4 rings (SSSR count). The molecule has 3 heterocycles. The van der Waals surface area contributed by atoms with Crippen LogP contribution < -0.4 is 5.32 Å². The Morgan fingerprint density at radius 3 is 2.58 bits per heavy atom. The molecule has 134 valence electrons. The third-order valence-corrected chi connectivity index (χ3v) is 7.07. The summed E-state index contributed by atoms with van der Waals surface area (Å²) in [7, 11) is 0. The van der Waals surface area contributed by atoms with Crippen molar-refractivity contribution in [3.63, 3.8) is 0 Å². The number of carbonyl (C=O) groups excluding carboxylic acids is 1. The summed E-state index contributed by atoms with van der Waals surface area (Å²) in [5.41, 5.74) is 3.22. The third kappa shape index (κ3) is 3.00. The lowest BCUT2D eigenvalue weighted by molar-refractivity contribution is 0.101. The average Bonchev–Trinajstić information content (AvgIpc) is 3.28. The van der Waals surface area contributed by atoms with Gasteiger partial charge in [0.05, 0.1) is 26.1 Å². The minimum atomic E-state index is -0.191. The summed E-state index contributed by atoms with van der Waals surface area (Å²) < 4.78 is 4.95. The Morgan fingerprint density at radius 2 is 1.88 bits per heavy atom. The zero-order valence-electron chi connectivity index (χ0n) is 14.7. The minimum absolute atomic E-state index is 0.113. The summed E-state index contributed by atoms with van der Waals surface area (Å²) in [5, 5.41) is 7.92. The first-order valence-electron chi connectivity index (χ1n) is 8.08. The van der Waals surface area contributed by atoms with Gasteiger partial charge in [-0.15, -0.1) is 11.3 Å². The predicted octanol–water partition coefficient (Wildman–Crippen LogP) is 4.97. The monoisotopic (exact) mass is 403 g/mol. The van der Waals surface area contributed by atoms with E-state index in [4.69, 9.17) is 0 Å². The molecule has 1 N–H and O–H groups in total. The van der Waals surface area contributed by atoms with Crippen molar-refractivity contribution in [3.05, 3.63) is 29.6 Å². The number of hydrogen-bond donors (Lipinski definition) is 1. The highest BCUT2D eigenvalue weighted by Crippen LogP contribution is 2.38. The third-order valence-electron chi connectivity index (χ3n) is 3.87. The van der Waals surface area contributed by atoms with E-state index >= 15 is 0 Å². The predicted molar refractivity (Wildman–Crippen MR) is 110 cm³/mol. The molecule has 0 saturated heterocycles. The molecule has 0 saturated carbocycles. The number of thioether (sulfide) groups is 1. The van der Waals surface area contributed by atoms with Crippen LogP contribution >= 0.6 is 34.4 Å². The van der Waals surface area contributed by atoms with Crippen molar-refractivity contribution in [2.75, 3.05) is 11.6 Å². The molecule has 0 atom stereocenters. The van der Waals surface area contributed by atoms with Crippen molar-refractivity contribution >= 4 is 65.9 Å². The van der Waals surface area contributed by atoms with Gasteiger partial charge in [-0.25, -0.2) is 9.97 Å². The van der Waals surface area contributed by atoms with E-state index in [9.17, 15) is 4.79 Å². The number of benzene rings is 1. The van der Waals surface area contributed by atoms with Crippen molar-refractivity contribution in [1.29, 1.82) is 0 Å². The Hall–Kier alpha value is -1.97. The molecule has 4 aromatic rings. The van der Waals surface area contributed by atoms with Crippen LogP contribution in [0.2, 0.25) is 0 Å². The number of aryl methyl sites for hydroxylation is 1. The first-order valence-corrected chi connectivity index (χ1v) is 10.9. The second kappa shape index (κ2) is 6.64. The number of nitrogens with zero attached hydrogens (tertiary/aromatic N) is 4. The van der Waals surface area contributed by atoms with Gasteiger partial charge in [0.1, 0.15) is 5.69 Å². The molecule has 0 aliphatic rings. The summed E-state index contributed by atoms with van der Waals surface area (Å²) >= 11 is 4.78. The Bertz CT molecular complexity index is 1120. The summed E-state index contributed by atoms with van der Waals surface area (Å²) in [6, 6.07) is 5.85. The van der Waals surface area contributed by atoms with E-state index in [1.807, 2.05) is 39.2 Å². The molecule has 1 aromatic carbocycles. The van der Waals surface area contributed by atoms with Crippen LogP contribution in [0.4, 0.5) is 5.13 Å². The summed E-state index contributed by atoms with van der Waals surface area (Å²) in [6.45, 7) is 5.90. The summed E-state index contributed by atoms with van der Waals surface area (Å²) in [6.07, 6.45) is 2.02. The number of carbonyl (C=O) groups is 1. The van der Waals surface area contributed by atoms with E-state index in [0.29, 0.717) is 10.8 Å². The molecule has 0 aliphatic heterocycles. The highest BCUT2D eigenvalue weighted by Gasteiger charge is 2.18. The zero-order valence-corrected chi connectivity index (χ0v) is 17.2. The van der Waals surface area contributed by atoms with Crippen molar-refractivity contribution in [1.82, 2.24) is 19.7 Å². The zero-order chi connectivity index (χ0) is 18.4. The molecule has 0 fully saturated rings. The smallest absolute Gasteiger partial charge is 0.275 e. The molecule has 1 amide bonds. The number of amides is 1. The lowest BCUT2D eigenvalue weighted by atomic mass is 10.3. The van der Waals surface area contributed by atoms with E-state index in [1.165, 1.54) is 11.3 Å². The molecule has 0 aliphatic carbocycles. The second-order valence-corrected chi connectivity index (χ2v) is 9.18. The van der Waals surface area contributed by atoms with Crippen molar-refractivity contribution in [2.45, 2.75) is 31.2 Å². The maximum absolute atomic E-state index is 12.7. The second-order valence-electron chi connectivity index (χ2n) is 6.13. The fourth-order valence-corrected chi connectivity index (χ4v) is 5.39. The average molecular weight is 404 g/mol. The van der Waals surface area contributed by atoms with Gasteiger partial charge in [0.25, 0.3) is 5.91 Å². The number of fused-ring (bicyclic) bond motifs is 3. The van der Waals surface area contributed by atoms with Crippen molar-refractivity contribution < 1.29 is 4.79 Å². The molecule has 26 heavy (non-hydrogen) atoms. The number of thiazole rings is 2. The van der Waals surface area contributed by atoms with Gasteiger partial charge in [-0.05, 0) is 45.2 Å². The molecular weight excluding hydrogens is 386 g/mol. The number of aromatic nitrogens is 4. The van der Waals surface area contributed by atoms with Gasteiger partial charge >= 0.3 is 0 Å². The lowest BCUT2D eigenvalue weighted by Crippen LogP contribution is -2.18. The van der Waals surface area contributed by atoms with Gasteiger partial charge in [0, 0.05) is 6.04 Å². The Balaban J connectivity index is 1.70. The number of anilines is 1. The maximum Gasteiger partial charge on any atom is 0.275 e. The fourth-order valence-electron chi connectivity index (χ4n) is 2.73. The Labute approximate surface area is 162 Å². The minimum Gasteiger partial charge on any atom is -0.296 e. The lowest BCUT2D eigenvalue weighted by Gasteiger charge is -2.09. The van der Waals surface area contributed by atoms with E-state index in [0.717, 1.165) is 30.5 Å². The first kappa shape index (κ1) is 17.4. The Kier molecular flexibility index (Phi) is 4.45. The van der Waals surface area contributed by atoms with Crippen molar-refractivity contribution in [2.24, 2.45) is 0 Å². The highest BCUT2D eigenvalue weighted by molar-refractivity contribution is 8.00. The van der Waals surface area contributed by atoms with Gasteiger partial charge in [-0.2, -0.15) is 5.10 Å². The number of rotatable bonds is 4. The van der Waals surface area contributed by atoms with Gasteiger partial charge in [0.2, 0.25) is 0 Å². The molecule has 0 bridgehead atoms. The quantitative estimate of drug-likeness (QED) is 0.487. The summed E-state index contributed by atoms with van der Waals surface area (Å²) in [4.78, 5) is 21.9. The molecular formula is C17H17N5OS3. The van der Waals surface area contributed by atoms with E-state index < -0.39 is 0 Å². The molecule has 9 heteroatoms. The normalized spacial score (nSPS) is 11.7. The van der Waals surface area contributed by atoms with Crippen LogP contribution in [0.15, 0.2) is 22.5 Å². The molecule has 0 unspecified atom stereocenters.